The zero-order chi connectivity index (χ0) is 18.3. The number of anilines is 1. The van der Waals surface area contributed by atoms with Gasteiger partial charge in [0, 0.05) is 11.2 Å². The number of ether oxygens (including phenoxy) is 1. The van der Waals surface area contributed by atoms with E-state index in [9.17, 15) is 0 Å². The molecule has 0 spiro atoms. The zero-order valence-corrected chi connectivity index (χ0v) is 16.2. The number of hydrogen-bond donors (Lipinski definition) is 1. The first-order chi connectivity index (χ1) is 10.8. The van der Waals surface area contributed by atoms with Crippen molar-refractivity contribution in [1.29, 1.82) is 0 Å². The van der Waals surface area contributed by atoms with Crippen molar-refractivity contribution in [2.45, 2.75) is 72.2 Å². The van der Waals surface area contributed by atoms with E-state index in [4.69, 9.17) is 14.0 Å². The van der Waals surface area contributed by atoms with Gasteiger partial charge in [-0.2, -0.15) is 0 Å². The Morgan fingerprint density at radius 3 is 2.17 bits per heavy atom. The molecule has 1 aliphatic rings. The molecular formula is C19H30BNO3. The molecule has 0 amide bonds. The van der Waals surface area contributed by atoms with E-state index >= 15 is 0 Å². The lowest BCUT2D eigenvalue weighted by molar-refractivity contribution is 0.00578. The van der Waals surface area contributed by atoms with Crippen LogP contribution in [0.25, 0.3) is 0 Å². The van der Waals surface area contributed by atoms with Gasteiger partial charge in [-0.05, 0) is 73.6 Å². The largest absolute Gasteiger partial charge is 0.496 e. The number of hydrogen-bond acceptors (Lipinski definition) is 4. The van der Waals surface area contributed by atoms with E-state index in [1.807, 2.05) is 33.8 Å². The van der Waals surface area contributed by atoms with Gasteiger partial charge in [-0.3, -0.25) is 0 Å². The van der Waals surface area contributed by atoms with Crippen molar-refractivity contribution >= 4 is 18.3 Å². The summed E-state index contributed by atoms with van der Waals surface area (Å²) >= 11 is 0. The van der Waals surface area contributed by atoms with Crippen LogP contribution in [0.15, 0.2) is 30.7 Å². The summed E-state index contributed by atoms with van der Waals surface area (Å²) in [7, 11) is -0.430. The molecule has 1 fully saturated rings. The molecule has 1 heterocycles. The van der Waals surface area contributed by atoms with Crippen molar-refractivity contribution < 1.29 is 14.0 Å². The third-order valence-electron chi connectivity index (χ3n) is 4.42. The van der Waals surface area contributed by atoms with Crippen molar-refractivity contribution in [1.82, 2.24) is 0 Å². The van der Waals surface area contributed by atoms with Crippen molar-refractivity contribution in [3.8, 4) is 0 Å². The minimum atomic E-state index is -0.430. The van der Waals surface area contributed by atoms with Gasteiger partial charge in [-0.1, -0.05) is 12.1 Å². The van der Waals surface area contributed by atoms with E-state index in [1.165, 1.54) is 0 Å². The Hall–Kier alpha value is -1.46. The van der Waals surface area contributed by atoms with Gasteiger partial charge < -0.3 is 19.4 Å². The third kappa shape index (κ3) is 4.14. The molecule has 2 rings (SSSR count). The Morgan fingerprint density at radius 2 is 1.67 bits per heavy atom. The fraction of sp³-hybridized carbons (Fsp3) is 0.579. The second kappa shape index (κ2) is 6.12. The molecular weight excluding hydrogens is 301 g/mol. The molecule has 1 aromatic rings. The Labute approximate surface area is 146 Å². The van der Waals surface area contributed by atoms with Gasteiger partial charge in [0.15, 0.2) is 5.88 Å². The molecule has 0 aromatic heterocycles. The van der Waals surface area contributed by atoms with Crippen LogP contribution in [0.4, 0.5) is 5.69 Å². The van der Waals surface area contributed by atoms with Crippen molar-refractivity contribution in [3.63, 3.8) is 0 Å². The van der Waals surface area contributed by atoms with Crippen LogP contribution in [0.1, 0.15) is 54.0 Å². The molecule has 0 radical (unpaired) electrons. The number of benzene rings is 1. The van der Waals surface area contributed by atoms with Crippen LogP contribution in [0, 0.1) is 6.92 Å². The molecule has 0 unspecified atom stereocenters. The minimum Gasteiger partial charge on any atom is -0.474 e. The second-order valence-electron chi connectivity index (χ2n) is 8.44. The molecule has 4 nitrogen and oxygen atoms in total. The highest BCUT2D eigenvalue weighted by atomic mass is 16.7. The average Bonchev–Trinajstić information content (AvgIpc) is 2.55. The summed E-state index contributed by atoms with van der Waals surface area (Å²) in [4.78, 5) is 0. The highest BCUT2D eigenvalue weighted by molar-refractivity contribution is 6.64. The third-order valence-corrected chi connectivity index (χ3v) is 4.42. The van der Waals surface area contributed by atoms with Gasteiger partial charge >= 0.3 is 7.12 Å². The van der Waals surface area contributed by atoms with Crippen molar-refractivity contribution in [2.75, 3.05) is 5.32 Å². The highest BCUT2D eigenvalue weighted by Crippen LogP contribution is 2.37. The summed E-state index contributed by atoms with van der Waals surface area (Å²) < 4.78 is 18.2. The molecule has 132 valence electrons. The number of nitrogens with one attached hydrogen (secondary N) is 1. The molecule has 24 heavy (non-hydrogen) atoms. The maximum absolute atomic E-state index is 6.18. The first kappa shape index (κ1) is 18.9. The van der Waals surface area contributed by atoms with Crippen LogP contribution in [-0.4, -0.2) is 23.9 Å². The van der Waals surface area contributed by atoms with E-state index in [0.29, 0.717) is 5.88 Å². The van der Waals surface area contributed by atoms with Crippen LogP contribution in [-0.2, 0) is 14.0 Å². The van der Waals surface area contributed by atoms with E-state index in [-0.39, 0.29) is 16.8 Å². The fourth-order valence-electron chi connectivity index (χ4n) is 2.50. The topological polar surface area (TPSA) is 39.7 Å². The summed E-state index contributed by atoms with van der Waals surface area (Å²) in [6.45, 7) is 20.2. The van der Waals surface area contributed by atoms with Gasteiger partial charge in [-0.25, -0.2) is 0 Å². The SMILES string of the molecule is C=C(Nc1cc(C)ccc1B1OC(C)(C)C(C)(C)O1)OC(C)(C)C. The first-order valence-electron chi connectivity index (χ1n) is 8.42. The lowest BCUT2D eigenvalue weighted by Gasteiger charge is -2.32. The average molecular weight is 331 g/mol. The lowest BCUT2D eigenvalue weighted by atomic mass is 9.77. The second-order valence-corrected chi connectivity index (χ2v) is 8.44. The molecule has 5 heteroatoms. The molecule has 0 saturated carbocycles. The lowest BCUT2D eigenvalue weighted by Crippen LogP contribution is -2.41. The minimum absolute atomic E-state index is 0.307. The van der Waals surface area contributed by atoms with Crippen molar-refractivity contribution in [2.24, 2.45) is 0 Å². The first-order valence-corrected chi connectivity index (χ1v) is 8.42. The van der Waals surface area contributed by atoms with Gasteiger partial charge in [-0.15, -0.1) is 0 Å². The van der Waals surface area contributed by atoms with Crippen LogP contribution < -0.4 is 10.8 Å². The highest BCUT2D eigenvalue weighted by Gasteiger charge is 2.52. The standard InChI is InChI=1S/C19H30BNO3/c1-13-10-11-15(20-23-18(6,7)19(8,9)24-20)16(12-13)21-14(2)22-17(3,4)5/h10-12,21H,2H2,1,3-9H3. The van der Waals surface area contributed by atoms with Crippen LogP contribution in [0.5, 0.6) is 0 Å². The van der Waals surface area contributed by atoms with Crippen LogP contribution >= 0.6 is 0 Å². The Kier molecular flexibility index (Phi) is 4.81. The summed E-state index contributed by atoms with van der Waals surface area (Å²) in [6, 6.07) is 6.14. The monoisotopic (exact) mass is 331 g/mol. The molecule has 1 saturated heterocycles. The van der Waals surface area contributed by atoms with Gasteiger partial charge in [0.2, 0.25) is 0 Å². The van der Waals surface area contributed by atoms with E-state index in [0.717, 1.165) is 16.7 Å². The Morgan fingerprint density at radius 1 is 1.12 bits per heavy atom. The van der Waals surface area contributed by atoms with Gasteiger partial charge in [0.05, 0.1) is 11.2 Å². The summed E-state index contributed by atoms with van der Waals surface area (Å²) in [5, 5.41) is 3.26. The van der Waals surface area contributed by atoms with Crippen molar-refractivity contribution in [3.05, 3.63) is 36.2 Å². The summed E-state index contributed by atoms with van der Waals surface area (Å²) in [6.07, 6.45) is 0. The zero-order valence-electron chi connectivity index (χ0n) is 16.2. The van der Waals surface area contributed by atoms with Gasteiger partial charge in [0.1, 0.15) is 5.60 Å². The normalized spacial score (nSPS) is 19.2. The Bertz CT molecular complexity index is 616. The number of rotatable bonds is 4. The molecule has 1 N–H and O–H groups in total. The summed E-state index contributed by atoms with van der Waals surface area (Å²) in [5.74, 6) is 0.505. The Balaban J connectivity index is 2.28. The molecule has 0 atom stereocenters. The molecule has 1 aliphatic heterocycles. The van der Waals surface area contributed by atoms with Crippen LogP contribution in [0.3, 0.4) is 0 Å². The summed E-state index contributed by atoms with van der Waals surface area (Å²) in [5.41, 5.74) is 1.91. The molecule has 1 aromatic carbocycles. The maximum atomic E-state index is 6.18. The quantitative estimate of drug-likeness (QED) is 0.669. The van der Waals surface area contributed by atoms with Crippen LogP contribution in [0.2, 0.25) is 0 Å². The van der Waals surface area contributed by atoms with Gasteiger partial charge in [0.25, 0.3) is 0 Å². The predicted molar refractivity (Wildman–Crippen MR) is 100 cm³/mol. The molecule has 0 bridgehead atoms. The smallest absolute Gasteiger partial charge is 0.474 e. The maximum Gasteiger partial charge on any atom is 0.496 e. The van der Waals surface area contributed by atoms with E-state index in [1.54, 1.807) is 0 Å². The van der Waals surface area contributed by atoms with E-state index < -0.39 is 7.12 Å². The predicted octanol–water partition coefficient (Wildman–Crippen LogP) is 3.99. The van der Waals surface area contributed by atoms with E-state index in [2.05, 4.69) is 51.7 Å². The fourth-order valence-corrected chi connectivity index (χ4v) is 2.50. The number of aryl methyl sites for hydroxylation is 1. The molecule has 0 aliphatic carbocycles.